The molecular weight excluding hydrogens is 499 g/mol. The molecule has 11 heteroatoms. The number of carboxylic acids is 1. The Hall–Kier alpha value is -3.95. The highest BCUT2D eigenvalue weighted by Gasteiger charge is 2.40. The molecule has 0 bridgehead atoms. The Bertz CT molecular complexity index is 1200. The Balaban J connectivity index is 1.85. The second kappa shape index (κ2) is 12.0. The minimum Gasteiger partial charge on any atom is -0.478 e. The van der Waals surface area contributed by atoms with Crippen molar-refractivity contribution >= 4 is 47.0 Å². The van der Waals surface area contributed by atoms with E-state index in [1.165, 1.54) is 54.7 Å². The number of nitrogens with zero attached hydrogens (tertiary/aromatic N) is 1. The van der Waals surface area contributed by atoms with Crippen LogP contribution in [0.4, 0.5) is 0 Å². The molecule has 0 saturated heterocycles. The number of rotatable bonds is 9. The normalized spacial score (nSPS) is 12.2. The molecule has 0 fully saturated rings. The van der Waals surface area contributed by atoms with E-state index in [1.54, 1.807) is 18.2 Å². The molecule has 0 unspecified atom stereocenters. The molecule has 2 N–H and O–H groups in total. The lowest BCUT2D eigenvalue weighted by Crippen LogP contribution is -2.50. The SMILES string of the molecule is O=C(O[C@@H](C(=O)O)[C@@H](OC(=O)c1ccc(Cl)cc1)C(=O)NCc1ccccn1)c1ccc(Cl)cc1. The van der Waals surface area contributed by atoms with Crippen LogP contribution in [0.1, 0.15) is 26.4 Å². The lowest BCUT2D eigenvalue weighted by Gasteiger charge is -2.23. The summed E-state index contributed by atoms with van der Waals surface area (Å²) < 4.78 is 10.3. The van der Waals surface area contributed by atoms with Crippen LogP contribution in [0.2, 0.25) is 10.0 Å². The van der Waals surface area contributed by atoms with E-state index in [-0.39, 0.29) is 17.7 Å². The highest BCUT2D eigenvalue weighted by atomic mass is 35.5. The van der Waals surface area contributed by atoms with Gasteiger partial charge in [0, 0.05) is 16.2 Å². The zero-order valence-electron chi connectivity index (χ0n) is 17.9. The Morgan fingerprint density at radius 2 is 1.31 bits per heavy atom. The number of carboxylic acid groups (broad SMARTS) is 1. The summed E-state index contributed by atoms with van der Waals surface area (Å²) in [6.45, 7) is -0.0911. The molecule has 2 aromatic carbocycles. The second-order valence-electron chi connectivity index (χ2n) is 7.04. The largest absolute Gasteiger partial charge is 0.478 e. The maximum Gasteiger partial charge on any atom is 0.349 e. The van der Waals surface area contributed by atoms with Crippen molar-refractivity contribution in [3.8, 4) is 0 Å². The monoisotopic (exact) mass is 516 g/mol. The molecule has 1 heterocycles. The van der Waals surface area contributed by atoms with Crippen LogP contribution >= 0.6 is 23.2 Å². The predicted octanol–water partition coefficient (Wildman–Crippen LogP) is 3.54. The van der Waals surface area contributed by atoms with Gasteiger partial charge in [-0.2, -0.15) is 0 Å². The van der Waals surface area contributed by atoms with Crippen molar-refractivity contribution in [2.24, 2.45) is 0 Å². The van der Waals surface area contributed by atoms with Gasteiger partial charge in [-0.1, -0.05) is 29.3 Å². The average molecular weight is 517 g/mol. The summed E-state index contributed by atoms with van der Waals surface area (Å²) in [7, 11) is 0. The van der Waals surface area contributed by atoms with E-state index >= 15 is 0 Å². The molecular formula is C24H18Cl2N2O7. The molecule has 0 radical (unpaired) electrons. The molecule has 3 aromatic rings. The molecule has 9 nitrogen and oxygen atoms in total. The molecule has 0 saturated carbocycles. The van der Waals surface area contributed by atoms with Crippen LogP contribution < -0.4 is 5.32 Å². The molecule has 0 aliphatic rings. The highest BCUT2D eigenvalue weighted by Crippen LogP contribution is 2.16. The van der Waals surface area contributed by atoms with Crippen LogP contribution in [-0.4, -0.2) is 46.1 Å². The number of aromatic nitrogens is 1. The van der Waals surface area contributed by atoms with Gasteiger partial charge in [-0.25, -0.2) is 14.4 Å². The maximum absolute atomic E-state index is 12.9. The summed E-state index contributed by atoms with van der Waals surface area (Å²) in [5.74, 6) is -4.78. The lowest BCUT2D eigenvalue weighted by molar-refractivity contribution is -0.159. The zero-order chi connectivity index (χ0) is 25.4. The van der Waals surface area contributed by atoms with Gasteiger partial charge in [0.25, 0.3) is 5.91 Å². The third-order valence-corrected chi connectivity index (χ3v) is 5.08. The zero-order valence-corrected chi connectivity index (χ0v) is 19.4. The Morgan fingerprint density at radius 3 is 1.77 bits per heavy atom. The minimum absolute atomic E-state index is 0.00472. The smallest absolute Gasteiger partial charge is 0.349 e. The predicted molar refractivity (Wildman–Crippen MR) is 125 cm³/mol. The summed E-state index contributed by atoms with van der Waals surface area (Å²) in [5.41, 5.74) is 0.455. The molecule has 1 amide bonds. The van der Waals surface area contributed by atoms with Crippen LogP contribution in [0.5, 0.6) is 0 Å². The quantitative estimate of drug-likeness (QED) is 0.412. The number of amides is 1. The minimum atomic E-state index is -2.15. The fraction of sp³-hybridized carbons (Fsp3) is 0.125. The van der Waals surface area contributed by atoms with E-state index in [4.69, 9.17) is 32.7 Å². The van der Waals surface area contributed by atoms with Gasteiger partial charge >= 0.3 is 17.9 Å². The summed E-state index contributed by atoms with van der Waals surface area (Å²) >= 11 is 11.6. The summed E-state index contributed by atoms with van der Waals surface area (Å²) in [5, 5.41) is 12.9. The number of esters is 2. The highest BCUT2D eigenvalue weighted by molar-refractivity contribution is 6.31. The van der Waals surface area contributed by atoms with Crippen molar-refractivity contribution in [1.82, 2.24) is 10.3 Å². The number of hydrogen-bond acceptors (Lipinski definition) is 7. The third kappa shape index (κ3) is 7.26. The van der Waals surface area contributed by atoms with E-state index in [9.17, 15) is 24.3 Å². The van der Waals surface area contributed by atoms with E-state index in [0.29, 0.717) is 15.7 Å². The topological polar surface area (TPSA) is 132 Å². The summed E-state index contributed by atoms with van der Waals surface area (Å²) in [6, 6.07) is 16.0. The number of aliphatic carboxylic acids is 1. The number of ether oxygens (including phenoxy) is 2. The van der Waals surface area contributed by atoms with Gasteiger partial charge in [0.15, 0.2) is 0 Å². The second-order valence-corrected chi connectivity index (χ2v) is 7.92. The molecule has 1 aromatic heterocycles. The van der Waals surface area contributed by atoms with Crippen molar-refractivity contribution in [3.63, 3.8) is 0 Å². The van der Waals surface area contributed by atoms with E-state index in [0.717, 1.165) is 0 Å². The van der Waals surface area contributed by atoms with Gasteiger partial charge in [-0.05, 0) is 60.7 Å². The molecule has 2 atom stereocenters. The fourth-order valence-corrected chi connectivity index (χ4v) is 3.07. The van der Waals surface area contributed by atoms with Gasteiger partial charge in [-0.3, -0.25) is 9.78 Å². The third-order valence-electron chi connectivity index (χ3n) is 4.57. The first-order chi connectivity index (χ1) is 16.7. The van der Waals surface area contributed by atoms with E-state index in [2.05, 4.69) is 10.3 Å². The average Bonchev–Trinajstić information content (AvgIpc) is 2.85. The van der Waals surface area contributed by atoms with Crippen LogP contribution in [0, 0.1) is 0 Å². The van der Waals surface area contributed by atoms with Crippen molar-refractivity contribution in [3.05, 3.63) is 99.8 Å². The number of carbonyl (C=O) groups excluding carboxylic acids is 3. The lowest BCUT2D eigenvalue weighted by atomic mass is 10.1. The Labute approximate surface area is 209 Å². The number of hydrogen-bond donors (Lipinski definition) is 2. The fourth-order valence-electron chi connectivity index (χ4n) is 2.81. The Kier molecular flexibility index (Phi) is 8.77. The number of halogens is 2. The number of carbonyl (C=O) groups is 4. The van der Waals surface area contributed by atoms with Crippen LogP contribution in [-0.2, 0) is 25.6 Å². The molecule has 0 aliphatic heterocycles. The van der Waals surface area contributed by atoms with Crippen molar-refractivity contribution in [2.75, 3.05) is 0 Å². The van der Waals surface area contributed by atoms with Gasteiger partial charge < -0.3 is 19.9 Å². The van der Waals surface area contributed by atoms with Gasteiger partial charge in [0.1, 0.15) is 0 Å². The summed E-state index contributed by atoms with van der Waals surface area (Å²) in [6.07, 6.45) is -2.66. The summed E-state index contributed by atoms with van der Waals surface area (Å²) in [4.78, 5) is 54.2. The van der Waals surface area contributed by atoms with Crippen molar-refractivity contribution < 1.29 is 33.8 Å². The number of nitrogens with one attached hydrogen (secondary N) is 1. The Morgan fingerprint density at radius 1 is 0.800 bits per heavy atom. The molecule has 0 aliphatic carbocycles. The van der Waals surface area contributed by atoms with Crippen molar-refractivity contribution in [2.45, 2.75) is 18.8 Å². The first-order valence-electron chi connectivity index (χ1n) is 10.1. The van der Waals surface area contributed by atoms with E-state index in [1.807, 2.05) is 0 Å². The number of pyridine rings is 1. The molecule has 35 heavy (non-hydrogen) atoms. The van der Waals surface area contributed by atoms with E-state index < -0.39 is 36.0 Å². The van der Waals surface area contributed by atoms with Crippen molar-refractivity contribution in [1.29, 1.82) is 0 Å². The maximum atomic E-state index is 12.9. The van der Waals surface area contributed by atoms with Gasteiger partial charge in [-0.15, -0.1) is 0 Å². The molecule has 180 valence electrons. The van der Waals surface area contributed by atoms with Gasteiger partial charge in [0.2, 0.25) is 12.2 Å². The van der Waals surface area contributed by atoms with Gasteiger partial charge in [0.05, 0.1) is 23.4 Å². The molecule has 0 spiro atoms. The van der Waals surface area contributed by atoms with Crippen LogP contribution in [0.25, 0.3) is 0 Å². The molecule has 3 rings (SSSR count). The number of benzene rings is 2. The standard InChI is InChI=1S/C24H18Cl2N2O7/c25-16-8-4-14(5-9-16)23(32)34-19(21(29)28-13-18-3-1-2-12-27-18)20(22(30)31)35-24(33)15-6-10-17(26)11-7-15/h1-12,19-20H,13H2,(H,28,29)(H,30,31)/t19-,20-/m1/s1. The first kappa shape index (κ1) is 25.7. The first-order valence-corrected chi connectivity index (χ1v) is 10.8. The van der Waals surface area contributed by atoms with Crippen LogP contribution in [0.15, 0.2) is 72.9 Å². The van der Waals surface area contributed by atoms with Crippen LogP contribution in [0.3, 0.4) is 0 Å².